The third-order valence-electron chi connectivity index (χ3n) is 5.16. The van der Waals surface area contributed by atoms with Crippen molar-refractivity contribution in [1.82, 2.24) is 0 Å². The zero-order valence-electron chi connectivity index (χ0n) is 16.4. The maximum absolute atomic E-state index is 12.3. The molecule has 1 aliphatic heterocycles. The Bertz CT molecular complexity index is 990. The Labute approximate surface area is 180 Å². The molecule has 1 fully saturated rings. The highest BCUT2D eigenvalue weighted by Crippen LogP contribution is 2.37. The molecule has 11 heteroatoms. The van der Waals surface area contributed by atoms with Gasteiger partial charge >= 0.3 is 6.36 Å². The smallest absolute Gasteiger partial charge is 0.406 e. The summed E-state index contributed by atoms with van der Waals surface area (Å²) >= 11 is 0. The van der Waals surface area contributed by atoms with E-state index in [-0.39, 0.29) is 17.5 Å². The molecular weight excluding hydrogens is 435 g/mol. The lowest BCUT2D eigenvalue weighted by Crippen LogP contribution is -2.63. The fourth-order valence-corrected chi connectivity index (χ4v) is 3.49. The van der Waals surface area contributed by atoms with Gasteiger partial charge in [0.15, 0.2) is 0 Å². The van der Waals surface area contributed by atoms with Crippen molar-refractivity contribution < 1.29 is 48.2 Å². The zero-order valence-corrected chi connectivity index (χ0v) is 16.4. The molecule has 8 nitrogen and oxygen atoms in total. The molecule has 2 aromatic rings. The van der Waals surface area contributed by atoms with Crippen molar-refractivity contribution in [2.75, 3.05) is 6.61 Å². The molecule has 0 radical (unpaired) electrons. The first-order chi connectivity index (χ1) is 15.0. The predicted octanol–water partition coefficient (Wildman–Crippen LogP) is 0.667. The largest absolute Gasteiger partial charge is 0.573 e. The van der Waals surface area contributed by atoms with E-state index in [1.165, 1.54) is 30.3 Å². The molecule has 3 rings (SSSR count). The number of ether oxygens (including phenoxy) is 2. The first-order valence-electron chi connectivity index (χ1n) is 9.42. The number of rotatable bonds is 5. The Kier molecular flexibility index (Phi) is 6.75. The van der Waals surface area contributed by atoms with Gasteiger partial charge < -0.3 is 35.0 Å². The van der Waals surface area contributed by atoms with Gasteiger partial charge in [-0.2, -0.15) is 5.26 Å². The second kappa shape index (κ2) is 9.03. The van der Waals surface area contributed by atoms with Gasteiger partial charge in [0.25, 0.3) is 0 Å². The summed E-state index contributed by atoms with van der Waals surface area (Å²) in [6.07, 6.45) is -11.6. The van der Waals surface area contributed by atoms with E-state index in [0.717, 1.165) is 12.1 Å². The number of aliphatic hydroxyl groups excluding tert-OH is 4. The lowest BCUT2D eigenvalue weighted by atomic mass is 9.86. The third-order valence-corrected chi connectivity index (χ3v) is 5.16. The average molecular weight is 455 g/mol. The van der Waals surface area contributed by atoms with Crippen LogP contribution < -0.4 is 4.74 Å². The van der Waals surface area contributed by atoms with Crippen LogP contribution in [0.1, 0.15) is 22.3 Å². The van der Waals surface area contributed by atoms with E-state index in [9.17, 15) is 44.0 Å². The van der Waals surface area contributed by atoms with Crippen LogP contribution in [0, 0.1) is 11.3 Å². The van der Waals surface area contributed by atoms with Crippen LogP contribution in [0.5, 0.6) is 5.75 Å². The molecule has 0 aromatic heterocycles. The standard InChI is InChI=1S/C21H20F3NO7/c22-21(23,24)31-15-5-1-11(2-6-15)7-13-8-14(4-3-12(13)9-25)20(30)19(29)18(28)17(27)16(10-26)32-20/h1-6,8,16-19,26-30H,7,10H2/t16-,17-,18+,19-,20+/m1/s1. The fourth-order valence-electron chi connectivity index (χ4n) is 3.49. The lowest BCUT2D eigenvalue weighted by molar-refractivity contribution is -0.357. The van der Waals surface area contributed by atoms with Gasteiger partial charge in [0.1, 0.15) is 30.2 Å². The zero-order chi connectivity index (χ0) is 23.7. The number of benzene rings is 2. The number of halogens is 3. The van der Waals surface area contributed by atoms with Crippen molar-refractivity contribution in [2.24, 2.45) is 0 Å². The molecule has 172 valence electrons. The van der Waals surface area contributed by atoms with E-state index in [2.05, 4.69) is 4.74 Å². The molecule has 5 atom stereocenters. The number of nitrogens with zero attached hydrogens (tertiary/aromatic N) is 1. The lowest BCUT2D eigenvalue weighted by Gasteiger charge is -2.45. The molecular formula is C21H20F3NO7. The molecule has 0 amide bonds. The molecule has 32 heavy (non-hydrogen) atoms. The van der Waals surface area contributed by atoms with Crippen LogP contribution in [0.3, 0.4) is 0 Å². The maximum atomic E-state index is 12.3. The summed E-state index contributed by atoms with van der Waals surface area (Å²) < 4.78 is 46.1. The summed E-state index contributed by atoms with van der Waals surface area (Å²) in [6.45, 7) is -0.747. The molecule has 1 saturated heterocycles. The molecule has 0 saturated carbocycles. The third kappa shape index (κ3) is 4.86. The van der Waals surface area contributed by atoms with Gasteiger partial charge in [0, 0.05) is 5.56 Å². The molecule has 0 unspecified atom stereocenters. The summed E-state index contributed by atoms with van der Waals surface area (Å²) in [5.41, 5.74) is 1.01. The van der Waals surface area contributed by atoms with E-state index >= 15 is 0 Å². The molecule has 2 aromatic carbocycles. The predicted molar refractivity (Wildman–Crippen MR) is 101 cm³/mol. The number of alkyl halides is 3. The average Bonchev–Trinajstić information content (AvgIpc) is 2.75. The number of nitriles is 1. The highest BCUT2D eigenvalue weighted by Gasteiger charge is 2.53. The number of hydrogen-bond donors (Lipinski definition) is 5. The minimum Gasteiger partial charge on any atom is -0.406 e. The second-order valence-electron chi connectivity index (χ2n) is 7.31. The van der Waals surface area contributed by atoms with Gasteiger partial charge in [-0.05, 0) is 41.8 Å². The van der Waals surface area contributed by atoms with E-state index in [1.807, 2.05) is 6.07 Å². The summed E-state index contributed by atoms with van der Waals surface area (Å²) in [5.74, 6) is -2.91. The van der Waals surface area contributed by atoms with E-state index in [0.29, 0.717) is 11.1 Å². The first-order valence-corrected chi connectivity index (χ1v) is 9.42. The molecule has 1 aliphatic rings. The van der Waals surface area contributed by atoms with Crippen LogP contribution >= 0.6 is 0 Å². The number of aliphatic hydroxyl groups is 5. The second-order valence-corrected chi connectivity index (χ2v) is 7.31. The van der Waals surface area contributed by atoms with Gasteiger partial charge in [-0.25, -0.2) is 0 Å². The minimum atomic E-state index is -4.83. The first kappa shape index (κ1) is 23.9. The van der Waals surface area contributed by atoms with Gasteiger partial charge in [-0.15, -0.1) is 13.2 Å². The Morgan fingerprint density at radius 1 is 1.06 bits per heavy atom. The monoisotopic (exact) mass is 455 g/mol. The van der Waals surface area contributed by atoms with Crippen LogP contribution in [0.15, 0.2) is 42.5 Å². The van der Waals surface area contributed by atoms with Crippen molar-refractivity contribution in [3.8, 4) is 11.8 Å². The Balaban J connectivity index is 1.91. The summed E-state index contributed by atoms with van der Waals surface area (Å²) in [4.78, 5) is 0. The Morgan fingerprint density at radius 2 is 1.72 bits per heavy atom. The summed E-state index contributed by atoms with van der Waals surface area (Å²) in [7, 11) is 0. The molecule has 0 bridgehead atoms. The van der Waals surface area contributed by atoms with Crippen LogP contribution in [0.4, 0.5) is 13.2 Å². The Morgan fingerprint density at radius 3 is 2.28 bits per heavy atom. The van der Waals surface area contributed by atoms with Crippen molar-refractivity contribution in [3.05, 3.63) is 64.7 Å². The summed E-state index contributed by atoms with van der Waals surface area (Å²) in [6, 6.07) is 10.9. The van der Waals surface area contributed by atoms with Crippen LogP contribution in [0.25, 0.3) is 0 Å². The van der Waals surface area contributed by atoms with E-state index < -0.39 is 48.9 Å². The minimum absolute atomic E-state index is 0.0552. The topological polar surface area (TPSA) is 143 Å². The number of hydrogen-bond acceptors (Lipinski definition) is 8. The SMILES string of the molecule is N#Cc1ccc([C@]2(O)O[C@H](CO)[C@@H](O)[C@H](O)[C@H]2O)cc1Cc1ccc(OC(F)(F)F)cc1. The maximum Gasteiger partial charge on any atom is 0.573 e. The fraction of sp³-hybridized carbons (Fsp3) is 0.381. The van der Waals surface area contributed by atoms with Gasteiger partial charge in [0.05, 0.1) is 18.2 Å². The van der Waals surface area contributed by atoms with Crippen LogP contribution in [0.2, 0.25) is 0 Å². The highest BCUT2D eigenvalue weighted by molar-refractivity contribution is 5.45. The van der Waals surface area contributed by atoms with Crippen molar-refractivity contribution in [1.29, 1.82) is 5.26 Å². The van der Waals surface area contributed by atoms with E-state index in [1.54, 1.807) is 0 Å². The van der Waals surface area contributed by atoms with Crippen molar-refractivity contribution in [3.63, 3.8) is 0 Å². The van der Waals surface area contributed by atoms with Crippen molar-refractivity contribution >= 4 is 0 Å². The van der Waals surface area contributed by atoms with Crippen LogP contribution in [-0.2, 0) is 16.9 Å². The Hall–Kier alpha value is -2.72. The highest BCUT2D eigenvalue weighted by atomic mass is 19.4. The van der Waals surface area contributed by atoms with Crippen molar-refractivity contribution in [2.45, 2.75) is 43.0 Å². The van der Waals surface area contributed by atoms with Gasteiger partial charge in [-0.3, -0.25) is 0 Å². The molecule has 1 heterocycles. The summed E-state index contributed by atoms with van der Waals surface area (Å²) in [5, 5.41) is 60.0. The van der Waals surface area contributed by atoms with Crippen LogP contribution in [-0.4, -0.2) is 62.9 Å². The van der Waals surface area contributed by atoms with Gasteiger partial charge in [-0.1, -0.05) is 18.2 Å². The quantitative estimate of drug-likeness (QED) is 0.443. The van der Waals surface area contributed by atoms with E-state index in [4.69, 9.17) is 4.74 Å². The van der Waals surface area contributed by atoms with Gasteiger partial charge in [0.2, 0.25) is 5.79 Å². The molecule has 5 N–H and O–H groups in total. The normalized spacial score (nSPS) is 28.2. The molecule has 0 spiro atoms. The molecule has 0 aliphatic carbocycles.